The maximum Gasteiger partial charge on any atom is 0.324 e. The summed E-state index contributed by atoms with van der Waals surface area (Å²) in [5, 5.41) is 11.2. The summed E-state index contributed by atoms with van der Waals surface area (Å²) in [6.07, 6.45) is 3.18. The number of benzene rings is 1. The predicted molar refractivity (Wildman–Crippen MR) is 251 cm³/mol. The number of likely N-dealkylation sites (N-methyl/N-ethyl adjacent to an activating group) is 1. The number of carbonyl (C=O) groups excluding carboxylic acids is 5. The van der Waals surface area contributed by atoms with Crippen molar-refractivity contribution in [3.05, 3.63) is 58.2 Å². The third kappa shape index (κ3) is 9.55. The van der Waals surface area contributed by atoms with Crippen LogP contribution in [0.3, 0.4) is 0 Å². The van der Waals surface area contributed by atoms with Crippen LogP contribution in [0.15, 0.2) is 41.9 Å². The number of carbonyl (C=O) groups is 5. The Balaban J connectivity index is 1.12. The largest absolute Gasteiger partial charge is 0.464 e. The van der Waals surface area contributed by atoms with Crippen LogP contribution in [-0.4, -0.2) is 148 Å². The maximum atomic E-state index is 14.6. The lowest BCUT2D eigenvalue weighted by molar-refractivity contribution is -0.155. The van der Waals surface area contributed by atoms with Crippen LogP contribution in [-0.2, 0) is 48.5 Å². The molecule has 354 valence electrons. The maximum absolute atomic E-state index is 14.6. The Bertz CT molecular complexity index is 2500. The molecule has 0 spiro atoms. The van der Waals surface area contributed by atoms with Gasteiger partial charge < -0.3 is 39.4 Å². The van der Waals surface area contributed by atoms with E-state index in [-0.39, 0.29) is 49.1 Å². The first kappa shape index (κ1) is 47.1. The number of ether oxygens (including phenoxy) is 2. The first-order valence-corrected chi connectivity index (χ1v) is 24.0. The molecule has 4 aliphatic rings. The first-order chi connectivity index (χ1) is 31.5. The Labute approximate surface area is 390 Å². The Hall–Kier alpha value is -5.43. The van der Waals surface area contributed by atoms with Gasteiger partial charge in [-0.05, 0) is 68.9 Å². The minimum atomic E-state index is -1.08. The summed E-state index contributed by atoms with van der Waals surface area (Å²) in [5.74, 6) is -1.64. The second-order valence-corrected chi connectivity index (χ2v) is 20.4. The van der Waals surface area contributed by atoms with Crippen molar-refractivity contribution in [2.45, 2.75) is 104 Å². The molecule has 8 rings (SSSR count). The molecule has 3 N–H and O–H groups in total. The number of aromatic nitrogens is 3. The van der Waals surface area contributed by atoms with Crippen LogP contribution in [0.2, 0.25) is 0 Å². The van der Waals surface area contributed by atoms with Crippen LogP contribution in [0.4, 0.5) is 4.79 Å². The van der Waals surface area contributed by atoms with Crippen molar-refractivity contribution in [1.29, 1.82) is 0 Å². The molecule has 5 amide bonds. The zero-order valence-corrected chi connectivity index (χ0v) is 40.4. The second-order valence-electron chi connectivity index (χ2n) is 19.5. The zero-order chi connectivity index (χ0) is 47.2. The molecule has 3 fully saturated rings. The van der Waals surface area contributed by atoms with E-state index in [0.717, 1.165) is 44.7 Å². The number of amides is 5. The molecule has 6 atom stereocenters. The van der Waals surface area contributed by atoms with Gasteiger partial charge in [-0.15, -0.1) is 11.3 Å². The molecule has 18 heteroatoms. The van der Waals surface area contributed by atoms with Gasteiger partial charge in [-0.2, -0.15) is 0 Å². The Morgan fingerprint density at radius 1 is 1.11 bits per heavy atom. The first-order valence-electron chi connectivity index (χ1n) is 23.1. The van der Waals surface area contributed by atoms with Crippen LogP contribution < -0.4 is 16.1 Å². The van der Waals surface area contributed by atoms with E-state index in [1.165, 1.54) is 21.2 Å². The summed E-state index contributed by atoms with van der Waals surface area (Å²) in [5.41, 5.74) is 9.15. The van der Waals surface area contributed by atoms with Gasteiger partial charge in [-0.3, -0.25) is 29.2 Å². The summed E-state index contributed by atoms with van der Waals surface area (Å²) in [7, 11) is 5.35. The van der Waals surface area contributed by atoms with Crippen molar-refractivity contribution in [2.24, 2.45) is 18.4 Å². The van der Waals surface area contributed by atoms with E-state index in [1.54, 1.807) is 30.2 Å². The molecule has 17 nitrogen and oxygen atoms in total. The highest BCUT2D eigenvalue weighted by Crippen LogP contribution is 2.41. The van der Waals surface area contributed by atoms with Crippen molar-refractivity contribution in [3.8, 4) is 22.5 Å². The van der Waals surface area contributed by atoms with E-state index in [0.29, 0.717) is 57.0 Å². The third-order valence-electron chi connectivity index (χ3n) is 13.5. The highest BCUT2D eigenvalue weighted by Gasteiger charge is 2.41. The molecule has 3 aromatic heterocycles. The van der Waals surface area contributed by atoms with Crippen molar-refractivity contribution in [2.75, 3.05) is 53.5 Å². The molecule has 1 aromatic carbocycles. The number of cyclic esters (lactones) is 1. The number of piperazine rings is 1. The fraction of sp³-hybridized carbons (Fsp3) is 0.562. The van der Waals surface area contributed by atoms with Crippen molar-refractivity contribution in [3.63, 3.8) is 0 Å². The quantitative estimate of drug-likeness (QED) is 0.169. The number of fused-ring (bicyclic) bond motifs is 6. The lowest BCUT2D eigenvalue weighted by Crippen LogP contribution is -2.63. The molecule has 66 heavy (non-hydrogen) atoms. The number of nitrogens with one attached hydrogen (secondary N) is 3. The average Bonchev–Trinajstić information content (AvgIpc) is 3.99. The van der Waals surface area contributed by atoms with Gasteiger partial charge in [0.25, 0.3) is 5.91 Å². The van der Waals surface area contributed by atoms with Gasteiger partial charge >= 0.3 is 12.0 Å². The molecule has 6 bridgehead atoms. The Morgan fingerprint density at radius 3 is 2.59 bits per heavy atom. The number of hydrogen-bond acceptors (Lipinski definition) is 12. The Kier molecular flexibility index (Phi) is 13.6. The van der Waals surface area contributed by atoms with Crippen molar-refractivity contribution < 1.29 is 33.4 Å². The van der Waals surface area contributed by atoms with E-state index < -0.39 is 41.3 Å². The number of methoxy groups -OCH3 is 1. The van der Waals surface area contributed by atoms with Gasteiger partial charge in [-0.1, -0.05) is 33.8 Å². The minimum Gasteiger partial charge on any atom is -0.464 e. The number of rotatable bonds is 8. The molecular formula is C48H64N10O7S. The average molecular weight is 925 g/mol. The van der Waals surface area contributed by atoms with E-state index in [2.05, 4.69) is 59.7 Å². The summed E-state index contributed by atoms with van der Waals surface area (Å²) in [4.78, 5) is 84.7. The number of aryl methyl sites for hydroxylation is 1. The molecule has 7 heterocycles. The smallest absolute Gasteiger partial charge is 0.324 e. The molecule has 0 saturated carbocycles. The number of hydrogen-bond donors (Lipinski definition) is 3. The number of nitrogens with zero attached hydrogens (tertiary/aromatic N) is 7. The van der Waals surface area contributed by atoms with E-state index in [9.17, 15) is 24.0 Å². The van der Waals surface area contributed by atoms with Crippen LogP contribution in [0, 0.1) is 11.3 Å². The van der Waals surface area contributed by atoms with Crippen molar-refractivity contribution >= 4 is 52.0 Å². The van der Waals surface area contributed by atoms with Crippen molar-refractivity contribution in [1.82, 2.24) is 50.3 Å². The lowest BCUT2D eigenvalue weighted by atomic mass is 9.84. The van der Waals surface area contributed by atoms with Gasteiger partial charge in [-0.25, -0.2) is 15.2 Å². The number of esters is 1. The monoisotopic (exact) mass is 924 g/mol. The lowest BCUT2D eigenvalue weighted by Gasteiger charge is -2.43. The van der Waals surface area contributed by atoms with Crippen LogP contribution >= 0.6 is 11.3 Å². The molecule has 4 aromatic rings. The Morgan fingerprint density at radius 2 is 1.88 bits per heavy atom. The highest BCUT2D eigenvalue weighted by atomic mass is 32.1. The van der Waals surface area contributed by atoms with Crippen LogP contribution in [0.5, 0.6) is 0 Å². The molecule has 0 unspecified atom stereocenters. The molecule has 3 saturated heterocycles. The fourth-order valence-corrected chi connectivity index (χ4v) is 10.6. The van der Waals surface area contributed by atoms with E-state index in [4.69, 9.17) is 19.4 Å². The van der Waals surface area contributed by atoms with Gasteiger partial charge in [0.1, 0.15) is 18.1 Å². The summed E-state index contributed by atoms with van der Waals surface area (Å²) in [6, 6.07) is 6.78. The van der Waals surface area contributed by atoms with Gasteiger partial charge in [0.2, 0.25) is 11.8 Å². The van der Waals surface area contributed by atoms with Gasteiger partial charge in [0, 0.05) is 105 Å². The van der Waals surface area contributed by atoms with Crippen LogP contribution in [0.1, 0.15) is 76.8 Å². The third-order valence-corrected chi connectivity index (χ3v) is 14.4. The SMILES string of the molecule is CO[C@@H](C)c1ncccc1-c1c2c3cc(ccc3n1C)-c1csc(n1)C[C@H](NC(=O)[C@H](C(C)C)N(C)C(=O)N1CCN(C(=O)[C@H]3CN3)C[C@H]1C)C(=O)N1CCC[C@H](N1)C(=O)OCC(C)(C)C2. The molecule has 0 radical (unpaired) electrons. The van der Waals surface area contributed by atoms with E-state index >= 15 is 0 Å². The minimum absolute atomic E-state index is 0.0443. The fourth-order valence-electron chi connectivity index (χ4n) is 9.77. The topological polar surface area (TPSA) is 193 Å². The summed E-state index contributed by atoms with van der Waals surface area (Å²) < 4.78 is 14.1. The second kappa shape index (κ2) is 19.1. The number of hydrazine groups is 1. The summed E-state index contributed by atoms with van der Waals surface area (Å²) >= 11 is 1.41. The number of urea groups is 1. The van der Waals surface area contributed by atoms with Gasteiger partial charge in [0.15, 0.2) is 0 Å². The number of pyridine rings is 1. The normalized spacial score (nSPS) is 23.3. The van der Waals surface area contributed by atoms with Gasteiger partial charge in [0.05, 0.1) is 40.8 Å². The number of thiazole rings is 1. The molecule has 4 aliphatic heterocycles. The summed E-state index contributed by atoms with van der Waals surface area (Å²) in [6.45, 7) is 14.1. The van der Waals surface area contributed by atoms with E-state index in [1.807, 2.05) is 45.2 Å². The van der Waals surface area contributed by atoms with Crippen LogP contribution in [0.25, 0.3) is 33.4 Å². The predicted octanol–water partition coefficient (Wildman–Crippen LogP) is 4.30. The zero-order valence-electron chi connectivity index (χ0n) is 39.6. The highest BCUT2D eigenvalue weighted by molar-refractivity contribution is 7.10. The standard InChI is InChI=1S/C48H64N10O7S/c1-27(2)41(55(8)47(63)57-19-18-56(24-28(57)3)44(60)36-23-50-36)43(59)52-35-21-39-51-37(25-66-39)30-14-15-38-32(20-30)33(42(54(38)7)31-12-10-16-49-40(31)29(4)64-9)22-48(5,6)26-65-46(62)34-13-11-17-58(53-34)45(35)61/h10,12,14-16,20,25,27-29,34-36,41,50,53H,11,13,17-19,21-24,26H2,1-9H3,(H,52,59)/t28-,29+,34+,35+,36-,41+/m1/s1. The molecule has 0 aliphatic carbocycles. The molecular weight excluding hydrogens is 861 g/mol.